The fourth-order valence-corrected chi connectivity index (χ4v) is 5.52. The number of para-hydroxylation sites is 1. The minimum atomic E-state index is -0.829. The molecule has 0 radical (unpaired) electrons. The summed E-state index contributed by atoms with van der Waals surface area (Å²) in [6.45, 7) is 3.46. The Labute approximate surface area is 205 Å². The second-order valence-electron chi connectivity index (χ2n) is 9.39. The third-order valence-electron chi connectivity index (χ3n) is 7.22. The molecule has 1 fully saturated rings. The van der Waals surface area contributed by atoms with Gasteiger partial charge >= 0.3 is 0 Å². The van der Waals surface area contributed by atoms with Crippen molar-refractivity contribution in [1.82, 2.24) is 0 Å². The van der Waals surface area contributed by atoms with E-state index in [1.54, 1.807) is 36.4 Å². The Morgan fingerprint density at radius 3 is 2.51 bits per heavy atom. The number of furan rings is 1. The number of carbonyl (C=O) groups is 2. The van der Waals surface area contributed by atoms with E-state index in [-0.39, 0.29) is 25.0 Å². The maximum Gasteiger partial charge on any atom is 0.238 e. The maximum absolute atomic E-state index is 13.4. The molecule has 1 aromatic heterocycles. The van der Waals surface area contributed by atoms with E-state index in [9.17, 15) is 19.8 Å². The van der Waals surface area contributed by atoms with Crippen LogP contribution >= 0.6 is 0 Å². The van der Waals surface area contributed by atoms with Crippen LogP contribution in [0.15, 0.2) is 63.6 Å². The van der Waals surface area contributed by atoms with Gasteiger partial charge in [0.1, 0.15) is 18.1 Å². The zero-order valence-electron chi connectivity index (χ0n) is 20.2. The van der Waals surface area contributed by atoms with E-state index in [1.807, 2.05) is 26.0 Å². The van der Waals surface area contributed by atoms with Crippen molar-refractivity contribution in [1.29, 1.82) is 0 Å². The molecule has 0 unspecified atom stereocenters. The number of anilines is 1. The minimum Gasteiger partial charge on any atom is -0.459 e. The number of carbonyl (C=O) groups excluding carboxylic acids is 2. The van der Waals surface area contributed by atoms with Crippen LogP contribution in [-0.2, 0) is 16.2 Å². The number of aliphatic hydroxyl groups is 3. The van der Waals surface area contributed by atoms with Crippen LogP contribution < -0.4 is 4.90 Å². The van der Waals surface area contributed by atoms with Gasteiger partial charge in [0, 0.05) is 5.92 Å². The van der Waals surface area contributed by atoms with Crippen LogP contribution in [0.4, 0.5) is 5.69 Å². The monoisotopic (exact) mass is 479 g/mol. The zero-order valence-corrected chi connectivity index (χ0v) is 20.2. The summed E-state index contributed by atoms with van der Waals surface area (Å²) in [6.07, 6.45) is 3.12. The van der Waals surface area contributed by atoms with Crippen molar-refractivity contribution < 1.29 is 29.3 Å². The number of rotatable bonds is 9. The molecule has 4 atom stereocenters. The lowest BCUT2D eigenvalue weighted by Crippen LogP contribution is -2.39. The Balaban J connectivity index is 1.55. The van der Waals surface area contributed by atoms with Gasteiger partial charge in [-0.2, -0.15) is 0 Å². The van der Waals surface area contributed by atoms with Crippen molar-refractivity contribution in [3.8, 4) is 0 Å². The van der Waals surface area contributed by atoms with Gasteiger partial charge in [-0.1, -0.05) is 36.3 Å². The van der Waals surface area contributed by atoms with E-state index in [1.165, 1.54) is 4.90 Å². The molecule has 2 aromatic rings. The van der Waals surface area contributed by atoms with Crippen LogP contribution in [0.3, 0.4) is 0 Å². The van der Waals surface area contributed by atoms with Gasteiger partial charge in [0.25, 0.3) is 0 Å². The molecule has 2 amide bonds. The summed E-state index contributed by atoms with van der Waals surface area (Å²) in [5, 5.41) is 30.7. The van der Waals surface area contributed by atoms with Crippen molar-refractivity contribution in [3.05, 3.63) is 70.7 Å². The average Bonchev–Trinajstić information content (AvgIpc) is 3.43. The quantitative estimate of drug-likeness (QED) is 0.372. The number of amides is 2. The fourth-order valence-electron chi connectivity index (χ4n) is 5.52. The van der Waals surface area contributed by atoms with E-state index in [4.69, 9.17) is 9.52 Å². The molecule has 7 heteroatoms. The molecule has 1 aliphatic heterocycles. The third-order valence-corrected chi connectivity index (χ3v) is 7.22. The van der Waals surface area contributed by atoms with Crippen LogP contribution in [0.5, 0.6) is 0 Å². The first-order chi connectivity index (χ1) is 16.9. The summed E-state index contributed by atoms with van der Waals surface area (Å²) in [7, 11) is 0. The molecule has 1 saturated heterocycles. The highest BCUT2D eigenvalue weighted by Crippen LogP contribution is 2.47. The number of hydrogen-bond acceptors (Lipinski definition) is 6. The van der Waals surface area contributed by atoms with Crippen LogP contribution in [-0.4, -0.2) is 39.8 Å². The number of nitrogens with zero attached hydrogens (tertiary/aromatic N) is 1. The lowest BCUT2D eigenvalue weighted by atomic mass is 9.67. The van der Waals surface area contributed by atoms with Crippen molar-refractivity contribution in [2.75, 3.05) is 11.5 Å². The largest absolute Gasteiger partial charge is 0.459 e. The molecule has 35 heavy (non-hydrogen) atoms. The summed E-state index contributed by atoms with van der Waals surface area (Å²) < 4.78 is 5.51. The van der Waals surface area contributed by atoms with E-state index in [0.717, 1.165) is 11.1 Å². The summed E-state index contributed by atoms with van der Waals surface area (Å²) in [6, 6.07) is 12.4. The normalized spacial score (nSPS) is 23.7. The van der Waals surface area contributed by atoms with Crippen LogP contribution in [0.1, 0.15) is 51.1 Å². The van der Waals surface area contributed by atoms with E-state index >= 15 is 0 Å². The van der Waals surface area contributed by atoms with Gasteiger partial charge in [-0.3, -0.25) is 14.5 Å². The van der Waals surface area contributed by atoms with Gasteiger partial charge < -0.3 is 19.7 Å². The molecule has 0 spiro atoms. The zero-order chi connectivity index (χ0) is 25.1. The lowest BCUT2D eigenvalue weighted by Gasteiger charge is -2.36. The van der Waals surface area contributed by atoms with Crippen LogP contribution in [0.2, 0.25) is 0 Å². The molecule has 0 saturated carbocycles. The second kappa shape index (κ2) is 10.7. The summed E-state index contributed by atoms with van der Waals surface area (Å²) in [4.78, 5) is 27.9. The van der Waals surface area contributed by atoms with Gasteiger partial charge in [0.15, 0.2) is 0 Å². The Hall–Kier alpha value is -3.00. The third kappa shape index (κ3) is 4.89. The predicted octanol–water partition coefficient (Wildman–Crippen LogP) is 3.84. The molecule has 4 rings (SSSR count). The first-order valence-electron chi connectivity index (χ1n) is 12.2. The number of hydrogen-bond donors (Lipinski definition) is 3. The van der Waals surface area contributed by atoms with Gasteiger partial charge in [0.2, 0.25) is 11.8 Å². The summed E-state index contributed by atoms with van der Waals surface area (Å²) in [5.74, 6) is -1.20. The molecular weight excluding hydrogens is 446 g/mol. The number of aliphatic hydroxyl groups excluding tert-OH is 3. The van der Waals surface area contributed by atoms with E-state index in [0.29, 0.717) is 48.5 Å². The number of imide groups is 1. The fraction of sp³-hybridized carbons (Fsp3) is 0.429. The first kappa shape index (κ1) is 25.1. The minimum absolute atomic E-state index is 0.160. The number of allylic oxidation sites excluding steroid dienone is 2. The summed E-state index contributed by atoms with van der Waals surface area (Å²) in [5.41, 5.74) is 3.20. The Morgan fingerprint density at radius 1 is 1.14 bits per heavy atom. The molecule has 186 valence electrons. The van der Waals surface area contributed by atoms with Crippen molar-refractivity contribution in [3.63, 3.8) is 0 Å². The SMILES string of the molecule is CCC1=C([C@H](O)CC/C(C)=C/c2ccc(CO)o2)[C@H](CO)[C@@H]2C(=O)N(c3ccccc3)C(=O)[C@@H]2C1. The molecule has 0 bridgehead atoms. The topological polar surface area (TPSA) is 111 Å². The van der Waals surface area contributed by atoms with Crippen LogP contribution in [0, 0.1) is 17.8 Å². The highest BCUT2D eigenvalue weighted by atomic mass is 16.4. The lowest BCUT2D eigenvalue weighted by molar-refractivity contribution is -0.123. The number of benzene rings is 1. The number of fused-ring (bicyclic) bond motifs is 1. The predicted molar refractivity (Wildman–Crippen MR) is 132 cm³/mol. The molecule has 7 nitrogen and oxygen atoms in total. The Kier molecular flexibility index (Phi) is 7.69. The molecule has 2 aliphatic rings. The highest BCUT2D eigenvalue weighted by Gasteiger charge is 2.55. The van der Waals surface area contributed by atoms with E-state index < -0.39 is 23.9 Å². The molecule has 2 heterocycles. The standard InChI is InChI=1S/C28H33NO6/c1-3-18-14-22-26(28(34)29(27(22)33)19-7-5-4-6-8-19)23(16-31)25(18)24(32)12-9-17(2)13-20-10-11-21(15-30)35-20/h4-8,10-11,13,22-24,26,30-32H,3,9,12,14-16H2,1-2H3/b17-13+/t22-,23+,24-,26-/m1/s1. The smallest absolute Gasteiger partial charge is 0.238 e. The molecular formula is C28H33NO6. The Morgan fingerprint density at radius 2 is 1.89 bits per heavy atom. The van der Waals surface area contributed by atoms with Gasteiger partial charge in [-0.05, 0) is 68.5 Å². The van der Waals surface area contributed by atoms with Crippen LogP contribution in [0.25, 0.3) is 6.08 Å². The van der Waals surface area contributed by atoms with Gasteiger partial charge in [-0.25, -0.2) is 0 Å². The average molecular weight is 480 g/mol. The Bertz CT molecular complexity index is 1130. The molecule has 1 aliphatic carbocycles. The van der Waals surface area contributed by atoms with Crippen molar-refractivity contribution >= 4 is 23.6 Å². The molecule has 3 N–H and O–H groups in total. The van der Waals surface area contributed by atoms with Crippen molar-refractivity contribution in [2.45, 2.75) is 52.2 Å². The first-order valence-corrected chi connectivity index (χ1v) is 12.2. The van der Waals surface area contributed by atoms with E-state index in [2.05, 4.69) is 0 Å². The maximum atomic E-state index is 13.4. The highest BCUT2D eigenvalue weighted by molar-refractivity contribution is 6.22. The van der Waals surface area contributed by atoms with Gasteiger partial charge in [0.05, 0.1) is 30.2 Å². The summed E-state index contributed by atoms with van der Waals surface area (Å²) >= 11 is 0. The van der Waals surface area contributed by atoms with Gasteiger partial charge in [-0.15, -0.1) is 0 Å². The second-order valence-corrected chi connectivity index (χ2v) is 9.39. The molecule has 1 aromatic carbocycles. The van der Waals surface area contributed by atoms with Crippen molar-refractivity contribution in [2.24, 2.45) is 17.8 Å².